The number of para-hydroxylation sites is 1. The van der Waals surface area contributed by atoms with E-state index in [4.69, 9.17) is 9.47 Å². The van der Waals surface area contributed by atoms with Gasteiger partial charge < -0.3 is 19.7 Å². The molecule has 1 saturated heterocycles. The van der Waals surface area contributed by atoms with Crippen molar-refractivity contribution in [1.29, 1.82) is 0 Å². The molecule has 2 aliphatic rings. The molecule has 1 aliphatic heterocycles. The van der Waals surface area contributed by atoms with Gasteiger partial charge in [-0.25, -0.2) is 0 Å². The summed E-state index contributed by atoms with van der Waals surface area (Å²) in [5.74, 6) is 3.32. The maximum Gasteiger partial charge on any atom is 0.193 e. The van der Waals surface area contributed by atoms with Crippen LogP contribution in [0.3, 0.4) is 0 Å². The quantitative estimate of drug-likeness (QED) is 0.387. The lowest BCUT2D eigenvalue weighted by atomic mass is 10.1. The first kappa shape index (κ1) is 20.3. The van der Waals surface area contributed by atoms with Crippen molar-refractivity contribution in [3.8, 4) is 5.75 Å². The smallest absolute Gasteiger partial charge is 0.193 e. The van der Waals surface area contributed by atoms with Crippen LogP contribution in [0.2, 0.25) is 0 Å². The van der Waals surface area contributed by atoms with Crippen LogP contribution in [0, 0.1) is 11.8 Å². The van der Waals surface area contributed by atoms with Crippen molar-refractivity contribution in [2.24, 2.45) is 16.8 Å². The molecule has 25 heavy (non-hydrogen) atoms. The Balaban J connectivity index is 0.00000225. The van der Waals surface area contributed by atoms with Crippen LogP contribution in [-0.4, -0.2) is 51.3 Å². The summed E-state index contributed by atoms with van der Waals surface area (Å²) in [5, 5.41) is 3.49. The van der Waals surface area contributed by atoms with E-state index in [0.717, 1.165) is 56.9 Å². The molecule has 1 aromatic rings. The molecule has 3 rings (SSSR count). The van der Waals surface area contributed by atoms with Gasteiger partial charge in [-0.3, -0.25) is 4.99 Å². The standard InChI is InChI=1S/C19H29N3O2.HI/c1-20-19(22-10-9-16(12-22)13-23-2)21-11-17-5-3-4-6-18(17)24-14-15-7-8-15;/h3-6,15-16H,7-14H2,1-2H3,(H,20,21);1H. The van der Waals surface area contributed by atoms with E-state index >= 15 is 0 Å². The van der Waals surface area contributed by atoms with Crippen molar-refractivity contribution in [2.45, 2.75) is 25.8 Å². The van der Waals surface area contributed by atoms with Gasteiger partial charge in [0, 0.05) is 45.3 Å². The Morgan fingerprint density at radius 2 is 2.00 bits per heavy atom. The zero-order valence-corrected chi connectivity index (χ0v) is 17.6. The van der Waals surface area contributed by atoms with Crippen molar-refractivity contribution in [3.63, 3.8) is 0 Å². The molecular formula is C19H30IN3O2. The van der Waals surface area contributed by atoms with Crippen LogP contribution in [0.1, 0.15) is 24.8 Å². The molecule has 2 fully saturated rings. The first-order valence-corrected chi connectivity index (χ1v) is 8.95. The molecule has 0 radical (unpaired) electrons. The van der Waals surface area contributed by atoms with Crippen LogP contribution in [0.4, 0.5) is 0 Å². The predicted octanol–water partition coefficient (Wildman–Crippen LogP) is 3.14. The highest BCUT2D eigenvalue weighted by atomic mass is 127. The van der Waals surface area contributed by atoms with Crippen molar-refractivity contribution < 1.29 is 9.47 Å². The Morgan fingerprint density at radius 1 is 1.20 bits per heavy atom. The van der Waals surface area contributed by atoms with Gasteiger partial charge in [0.25, 0.3) is 0 Å². The van der Waals surface area contributed by atoms with Crippen molar-refractivity contribution in [2.75, 3.05) is 40.5 Å². The lowest BCUT2D eigenvalue weighted by Crippen LogP contribution is -2.39. The fraction of sp³-hybridized carbons (Fsp3) is 0.632. The lowest BCUT2D eigenvalue weighted by Gasteiger charge is -2.22. The third-order valence-electron chi connectivity index (χ3n) is 4.78. The molecule has 1 atom stereocenters. The van der Waals surface area contributed by atoms with Gasteiger partial charge in [0.2, 0.25) is 0 Å². The van der Waals surface area contributed by atoms with Gasteiger partial charge in [0.05, 0.1) is 13.2 Å². The maximum atomic E-state index is 5.99. The summed E-state index contributed by atoms with van der Waals surface area (Å²) in [6.07, 6.45) is 3.78. The van der Waals surface area contributed by atoms with E-state index in [-0.39, 0.29) is 24.0 Å². The van der Waals surface area contributed by atoms with Crippen LogP contribution in [-0.2, 0) is 11.3 Å². The average molecular weight is 459 g/mol. The monoisotopic (exact) mass is 459 g/mol. The van der Waals surface area contributed by atoms with E-state index in [1.54, 1.807) is 7.11 Å². The number of likely N-dealkylation sites (tertiary alicyclic amines) is 1. The molecule has 0 bridgehead atoms. The molecule has 1 aliphatic carbocycles. The fourth-order valence-corrected chi connectivity index (χ4v) is 3.19. The maximum absolute atomic E-state index is 5.99. The first-order chi connectivity index (χ1) is 11.8. The number of rotatable bonds is 7. The lowest BCUT2D eigenvalue weighted by molar-refractivity contribution is 0.157. The zero-order chi connectivity index (χ0) is 16.8. The Labute approximate surface area is 168 Å². The molecule has 0 amide bonds. The third kappa shape index (κ3) is 6.02. The normalized spacial score (nSPS) is 20.3. The molecule has 1 heterocycles. The summed E-state index contributed by atoms with van der Waals surface area (Å²) in [5.41, 5.74) is 1.19. The molecular weight excluding hydrogens is 429 g/mol. The second kappa shape index (κ2) is 10.2. The molecule has 5 nitrogen and oxygen atoms in total. The average Bonchev–Trinajstić information content (AvgIpc) is 3.33. The zero-order valence-electron chi connectivity index (χ0n) is 15.2. The minimum Gasteiger partial charge on any atom is -0.493 e. The summed E-state index contributed by atoms with van der Waals surface area (Å²) in [4.78, 5) is 6.76. The topological polar surface area (TPSA) is 46.1 Å². The minimum absolute atomic E-state index is 0. The van der Waals surface area contributed by atoms with Gasteiger partial charge in [-0.1, -0.05) is 18.2 Å². The summed E-state index contributed by atoms with van der Waals surface area (Å²) < 4.78 is 11.3. The van der Waals surface area contributed by atoms with Gasteiger partial charge in [-0.15, -0.1) is 24.0 Å². The number of halogens is 1. The fourth-order valence-electron chi connectivity index (χ4n) is 3.19. The summed E-state index contributed by atoms with van der Waals surface area (Å²) in [7, 11) is 3.62. The van der Waals surface area contributed by atoms with Crippen LogP contribution in [0.15, 0.2) is 29.3 Å². The van der Waals surface area contributed by atoms with Gasteiger partial charge in [-0.05, 0) is 31.2 Å². The van der Waals surface area contributed by atoms with Crippen molar-refractivity contribution >= 4 is 29.9 Å². The highest BCUT2D eigenvalue weighted by Gasteiger charge is 2.25. The van der Waals surface area contributed by atoms with Gasteiger partial charge in [0.1, 0.15) is 5.75 Å². The molecule has 0 aromatic heterocycles. The second-order valence-electron chi connectivity index (χ2n) is 6.82. The summed E-state index contributed by atoms with van der Waals surface area (Å²) in [6, 6.07) is 8.29. The Kier molecular flexibility index (Phi) is 8.29. The second-order valence-corrected chi connectivity index (χ2v) is 6.82. The summed E-state index contributed by atoms with van der Waals surface area (Å²) in [6.45, 7) is 4.45. The number of aliphatic imine (C=N–C) groups is 1. The molecule has 140 valence electrons. The van der Waals surface area contributed by atoms with E-state index in [9.17, 15) is 0 Å². The molecule has 1 aromatic carbocycles. The largest absolute Gasteiger partial charge is 0.493 e. The van der Waals surface area contributed by atoms with Gasteiger partial charge in [-0.2, -0.15) is 0 Å². The van der Waals surface area contributed by atoms with Crippen LogP contribution in [0.5, 0.6) is 5.75 Å². The van der Waals surface area contributed by atoms with E-state index in [1.807, 2.05) is 13.1 Å². The predicted molar refractivity (Wildman–Crippen MR) is 112 cm³/mol. The Bertz CT molecular complexity index is 563. The highest BCUT2D eigenvalue weighted by Crippen LogP contribution is 2.30. The van der Waals surface area contributed by atoms with Gasteiger partial charge >= 0.3 is 0 Å². The highest BCUT2D eigenvalue weighted by molar-refractivity contribution is 14.0. The molecule has 1 N–H and O–H groups in total. The van der Waals surface area contributed by atoms with Gasteiger partial charge in [0.15, 0.2) is 5.96 Å². The van der Waals surface area contributed by atoms with E-state index in [0.29, 0.717) is 5.92 Å². The number of methoxy groups -OCH3 is 1. The Hall–Kier alpha value is -1.02. The van der Waals surface area contributed by atoms with Crippen LogP contribution in [0.25, 0.3) is 0 Å². The van der Waals surface area contributed by atoms with Crippen molar-refractivity contribution in [3.05, 3.63) is 29.8 Å². The Morgan fingerprint density at radius 3 is 2.72 bits per heavy atom. The number of hydrogen-bond donors (Lipinski definition) is 1. The van der Waals surface area contributed by atoms with Crippen molar-refractivity contribution in [1.82, 2.24) is 10.2 Å². The third-order valence-corrected chi connectivity index (χ3v) is 4.78. The number of benzene rings is 1. The minimum atomic E-state index is 0. The van der Waals surface area contributed by atoms with Crippen LogP contribution < -0.4 is 10.1 Å². The SMILES string of the molecule is CN=C(NCc1ccccc1OCC1CC1)N1CCC(COC)C1.I. The molecule has 1 unspecified atom stereocenters. The number of ether oxygens (including phenoxy) is 2. The number of nitrogens with one attached hydrogen (secondary N) is 1. The number of nitrogens with zero attached hydrogens (tertiary/aromatic N) is 2. The number of hydrogen-bond acceptors (Lipinski definition) is 3. The van der Waals surface area contributed by atoms with Crippen LogP contribution >= 0.6 is 24.0 Å². The molecule has 1 saturated carbocycles. The van der Waals surface area contributed by atoms with E-state index in [2.05, 4.69) is 33.4 Å². The molecule has 6 heteroatoms. The molecule has 0 spiro atoms. The van der Waals surface area contributed by atoms with E-state index in [1.165, 1.54) is 18.4 Å². The number of guanidine groups is 1. The first-order valence-electron chi connectivity index (χ1n) is 8.95. The summed E-state index contributed by atoms with van der Waals surface area (Å²) >= 11 is 0. The van der Waals surface area contributed by atoms with E-state index < -0.39 is 0 Å².